The van der Waals surface area contributed by atoms with Crippen molar-refractivity contribution in [1.82, 2.24) is 9.47 Å². The van der Waals surface area contributed by atoms with Crippen LogP contribution in [0.3, 0.4) is 0 Å². The molecule has 0 saturated heterocycles. The van der Waals surface area contributed by atoms with Crippen LogP contribution in [0, 0.1) is 5.82 Å². The minimum absolute atomic E-state index is 0.223. The third-order valence-corrected chi connectivity index (χ3v) is 4.91. The fraction of sp³-hybridized carbons (Fsp3) is 0.333. The molecule has 0 fully saturated rings. The van der Waals surface area contributed by atoms with E-state index in [0.29, 0.717) is 0 Å². The van der Waals surface area contributed by atoms with E-state index in [0.717, 1.165) is 48.5 Å². The highest BCUT2D eigenvalue weighted by Gasteiger charge is 2.05. The number of nitrogens with zero attached hydrogens (tertiary/aromatic N) is 2. The van der Waals surface area contributed by atoms with Gasteiger partial charge in [0.2, 0.25) is 0 Å². The first kappa shape index (κ1) is 20.2. The van der Waals surface area contributed by atoms with Gasteiger partial charge in [-0.3, -0.25) is 0 Å². The number of halogens is 1. The first-order valence-corrected chi connectivity index (χ1v) is 9.96. The molecule has 0 unspecified atom stereocenters. The quantitative estimate of drug-likeness (QED) is 0.308. The van der Waals surface area contributed by atoms with Crippen molar-refractivity contribution in [1.29, 1.82) is 0 Å². The molecule has 0 aliphatic carbocycles. The second-order valence-corrected chi connectivity index (χ2v) is 7.20. The fourth-order valence-electron chi connectivity index (χ4n) is 3.38. The summed E-state index contributed by atoms with van der Waals surface area (Å²) in [5, 5.41) is 1.12. The number of rotatable bonds is 11. The molecule has 4 heteroatoms. The van der Waals surface area contributed by atoms with Crippen molar-refractivity contribution in [2.75, 3.05) is 26.7 Å². The molecule has 3 aromatic rings. The first-order valence-electron chi connectivity index (χ1n) is 9.96. The predicted molar refractivity (Wildman–Crippen MR) is 115 cm³/mol. The lowest BCUT2D eigenvalue weighted by Crippen LogP contribution is -2.19. The van der Waals surface area contributed by atoms with E-state index in [4.69, 9.17) is 4.74 Å². The van der Waals surface area contributed by atoms with Gasteiger partial charge >= 0.3 is 0 Å². The molecule has 1 heterocycles. The van der Waals surface area contributed by atoms with Crippen molar-refractivity contribution in [2.24, 2.45) is 0 Å². The molecule has 0 radical (unpaired) electrons. The van der Waals surface area contributed by atoms with Crippen LogP contribution < -0.4 is 4.74 Å². The van der Waals surface area contributed by atoms with E-state index in [1.807, 2.05) is 18.3 Å². The van der Waals surface area contributed by atoms with E-state index >= 15 is 0 Å². The number of aromatic nitrogens is 1. The SMILES string of the molecule is C=CCN(C)CCCCCCOc1ccc2c(ccn2-c2ccc(F)cc2)c1. The Labute approximate surface area is 167 Å². The average molecular weight is 381 g/mol. The third-order valence-electron chi connectivity index (χ3n) is 4.91. The highest BCUT2D eigenvalue weighted by molar-refractivity contribution is 5.83. The number of ether oxygens (including phenoxy) is 1. The van der Waals surface area contributed by atoms with Gasteiger partial charge in [-0.25, -0.2) is 4.39 Å². The van der Waals surface area contributed by atoms with Crippen molar-refractivity contribution >= 4 is 10.9 Å². The van der Waals surface area contributed by atoms with Gasteiger partial charge in [-0.2, -0.15) is 0 Å². The van der Waals surface area contributed by atoms with Crippen LogP contribution in [0.4, 0.5) is 4.39 Å². The smallest absolute Gasteiger partial charge is 0.123 e. The minimum Gasteiger partial charge on any atom is -0.494 e. The van der Waals surface area contributed by atoms with Gasteiger partial charge in [0, 0.05) is 23.8 Å². The summed E-state index contributed by atoms with van der Waals surface area (Å²) in [6.07, 6.45) is 8.64. The van der Waals surface area contributed by atoms with Crippen molar-refractivity contribution in [2.45, 2.75) is 25.7 Å². The minimum atomic E-state index is -0.223. The molecule has 1 aromatic heterocycles. The normalized spacial score (nSPS) is 11.2. The third kappa shape index (κ3) is 5.46. The number of benzene rings is 2. The number of hydrogen-bond donors (Lipinski definition) is 0. The molecule has 0 bridgehead atoms. The Kier molecular flexibility index (Phi) is 7.26. The maximum absolute atomic E-state index is 13.1. The van der Waals surface area contributed by atoms with E-state index in [1.165, 1.54) is 31.4 Å². The number of fused-ring (bicyclic) bond motifs is 1. The zero-order valence-corrected chi connectivity index (χ0v) is 16.6. The van der Waals surface area contributed by atoms with Gasteiger partial charge < -0.3 is 14.2 Å². The van der Waals surface area contributed by atoms with Crippen molar-refractivity contribution in [3.8, 4) is 11.4 Å². The number of hydrogen-bond acceptors (Lipinski definition) is 2. The molecular formula is C24H29FN2O. The molecule has 0 amide bonds. The molecule has 0 atom stereocenters. The molecule has 2 aromatic carbocycles. The largest absolute Gasteiger partial charge is 0.494 e. The van der Waals surface area contributed by atoms with E-state index in [2.05, 4.69) is 41.3 Å². The highest BCUT2D eigenvalue weighted by Crippen LogP contribution is 2.25. The zero-order chi connectivity index (χ0) is 19.8. The average Bonchev–Trinajstić information content (AvgIpc) is 3.11. The fourth-order valence-corrected chi connectivity index (χ4v) is 3.38. The van der Waals surface area contributed by atoms with Crippen LogP contribution in [-0.4, -0.2) is 36.2 Å². The lowest BCUT2D eigenvalue weighted by Gasteiger charge is -2.13. The summed E-state index contributed by atoms with van der Waals surface area (Å²) in [5.74, 6) is 0.676. The molecule has 0 saturated carbocycles. The maximum Gasteiger partial charge on any atom is 0.123 e. The Hall–Kier alpha value is -2.59. The van der Waals surface area contributed by atoms with Crippen molar-refractivity contribution < 1.29 is 9.13 Å². The second-order valence-electron chi connectivity index (χ2n) is 7.20. The molecule has 148 valence electrons. The number of likely N-dealkylation sites (N-methyl/N-ethyl adjacent to an activating group) is 1. The Morgan fingerprint density at radius 1 is 1.04 bits per heavy atom. The Balaban J connectivity index is 1.46. The summed E-state index contributed by atoms with van der Waals surface area (Å²) in [6.45, 7) is 6.58. The van der Waals surface area contributed by atoms with Gasteiger partial charge in [-0.1, -0.05) is 18.9 Å². The van der Waals surface area contributed by atoms with Crippen LogP contribution in [-0.2, 0) is 0 Å². The van der Waals surface area contributed by atoms with Crippen LogP contribution in [0.2, 0.25) is 0 Å². The molecule has 3 nitrogen and oxygen atoms in total. The monoisotopic (exact) mass is 380 g/mol. The van der Waals surface area contributed by atoms with E-state index < -0.39 is 0 Å². The van der Waals surface area contributed by atoms with E-state index in [1.54, 1.807) is 12.1 Å². The molecule has 0 aliphatic heterocycles. The van der Waals surface area contributed by atoms with Crippen LogP contribution in [0.5, 0.6) is 5.75 Å². The molecule has 0 aliphatic rings. The summed E-state index contributed by atoms with van der Waals surface area (Å²) < 4.78 is 21.1. The second kappa shape index (κ2) is 10.1. The maximum atomic E-state index is 13.1. The van der Waals surface area contributed by atoms with Gasteiger partial charge in [0.15, 0.2) is 0 Å². The van der Waals surface area contributed by atoms with Gasteiger partial charge in [-0.05, 0) is 75.0 Å². The Morgan fingerprint density at radius 3 is 2.61 bits per heavy atom. The summed E-state index contributed by atoms with van der Waals surface area (Å²) >= 11 is 0. The van der Waals surface area contributed by atoms with Gasteiger partial charge in [0.25, 0.3) is 0 Å². The van der Waals surface area contributed by atoms with Crippen molar-refractivity contribution in [3.63, 3.8) is 0 Å². The van der Waals surface area contributed by atoms with E-state index in [-0.39, 0.29) is 5.82 Å². The number of unbranched alkanes of at least 4 members (excludes halogenated alkanes) is 3. The molecule has 28 heavy (non-hydrogen) atoms. The van der Waals surface area contributed by atoms with Crippen LogP contribution in [0.25, 0.3) is 16.6 Å². The van der Waals surface area contributed by atoms with Crippen LogP contribution >= 0.6 is 0 Å². The van der Waals surface area contributed by atoms with Crippen LogP contribution in [0.1, 0.15) is 25.7 Å². The molecule has 0 spiro atoms. The van der Waals surface area contributed by atoms with Gasteiger partial charge in [0.05, 0.1) is 12.1 Å². The first-order chi connectivity index (χ1) is 13.7. The molecular weight excluding hydrogens is 351 g/mol. The standard InChI is InChI=1S/C24H29FN2O/c1-3-15-26(2)16-6-4-5-7-18-28-23-12-13-24-20(19-23)14-17-27(24)22-10-8-21(25)9-11-22/h3,8-14,17,19H,1,4-7,15-16,18H2,2H3. The van der Waals surface area contributed by atoms with E-state index in [9.17, 15) is 4.39 Å². The van der Waals surface area contributed by atoms with Gasteiger partial charge in [0.1, 0.15) is 11.6 Å². The Bertz CT molecular complexity index is 885. The summed E-state index contributed by atoms with van der Waals surface area (Å²) in [6, 6.07) is 14.7. The van der Waals surface area contributed by atoms with Crippen LogP contribution in [0.15, 0.2) is 67.4 Å². The zero-order valence-electron chi connectivity index (χ0n) is 16.6. The van der Waals surface area contributed by atoms with Gasteiger partial charge in [-0.15, -0.1) is 6.58 Å². The Morgan fingerprint density at radius 2 is 1.82 bits per heavy atom. The molecule has 3 rings (SSSR count). The lowest BCUT2D eigenvalue weighted by atomic mass is 10.2. The summed E-state index contributed by atoms with van der Waals surface area (Å²) in [7, 11) is 2.13. The summed E-state index contributed by atoms with van der Waals surface area (Å²) in [5.41, 5.74) is 2.03. The predicted octanol–water partition coefficient (Wildman–Crippen LogP) is 5.83. The molecule has 0 N–H and O–H groups in total. The summed E-state index contributed by atoms with van der Waals surface area (Å²) in [4.78, 5) is 2.29. The highest BCUT2D eigenvalue weighted by atomic mass is 19.1. The lowest BCUT2D eigenvalue weighted by molar-refractivity contribution is 0.300. The topological polar surface area (TPSA) is 17.4 Å². The van der Waals surface area contributed by atoms with Crippen molar-refractivity contribution in [3.05, 3.63) is 73.2 Å².